The Kier molecular flexibility index (Phi) is 4.40. The van der Waals surface area contributed by atoms with E-state index in [1.54, 1.807) is 17.7 Å². The van der Waals surface area contributed by atoms with Gasteiger partial charge in [0.1, 0.15) is 17.2 Å². The monoisotopic (exact) mass is 339 g/mol. The molecule has 4 rings (SSSR count). The fourth-order valence-corrected chi connectivity index (χ4v) is 4.17. The van der Waals surface area contributed by atoms with Crippen LogP contribution >= 0.6 is 11.3 Å². The SMILES string of the molecule is CN1CCCC(c2cc(NCc3nc4ccccc4s3)ncn2)C1. The molecular formula is C18H21N5S. The zero-order chi connectivity index (χ0) is 16.4. The summed E-state index contributed by atoms with van der Waals surface area (Å²) in [7, 11) is 2.18. The van der Waals surface area contributed by atoms with Gasteiger partial charge in [0.25, 0.3) is 0 Å². The number of hydrogen-bond donors (Lipinski definition) is 1. The molecule has 6 heteroatoms. The summed E-state index contributed by atoms with van der Waals surface area (Å²) in [6.45, 7) is 2.96. The highest BCUT2D eigenvalue weighted by Gasteiger charge is 2.20. The molecule has 2 aromatic heterocycles. The van der Waals surface area contributed by atoms with Crippen LogP contribution in [0.2, 0.25) is 0 Å². The summed E-state index contributed by atoms with van der Waals surface area (Å²) >= 11 is 1.73. The maximum atomic E-state index is 4.66. The molecule has 3 aromatic rings. The third-order valence-corrected chi connectivity index (χ3v) is 5.53. The van der Waals surface area contributed by atoms with Crippen molar-refractivity contribution in [2.45, 2.75) is 25.3 Å². The van der Waals surface area contributed by atoms with Crippen LogP contribution in [0.4, 0.5) is 5.82 Å². The summed E-state index contributed by atoms with van der Waals surface area (Å²) < 4.78 is 1.22. The van der Waals surface area contributed by atoms with Crippen molar-refractivity contribution in [2.75, 3.05) is 25.5 Å². The number of piperidine rings is 1. The number of hydrogen-bond acceptors (Lipinski definition) is 6. The fourth-order valence-electron chi connectivity index (χ4n) is 3.26. The van der Waals surface area contributed by atoms with Crippen LogP contribution in [0.25, 0.3) is 10.2 Å². The first kappa shape index (κ1) is 15.5. The number of fused-ring (bicyclic) bond motifs is 1. The summed E-state index contributed by atoms with van der Waals surface area (Å²) in [6, 6.07) is 10.3. The lowest BCUT2D eigenvalue weighted by Crippen LogP contribution is -2.31. The molecule has 1 fully saturated rings. The minimum atomic E-state index is 0.509. The second-order valence-electron chi connectivity index (χ2n) is 6.36. The van der Waals surface area contributed by atoms with Crippen LogP contribution in [-0.4, -0.2) is 40.0 Å². The molecule has 0 amide bonds. The lowest BCUT2D eigenvalue weighted by molar-refractivity contribution is 0.248. The number of nitrogens with one attached hydrogen (secondary N) is 1. The van der Waals surface area contributed by atoms with Crippen molar-refractivity contribution < 1.29 is 0 Å². The zero-order valence-corrected chi connectivity index (χ0v) is 14.6. The van der Waals surface area contributed by atoms with Gasteiger partial charge in [0.2, 0.25) is 0 Å². The van der Waals surface area contributed by atoms with Crippen LogP contribution < -0.4 is 5.32 Å². The van der Waals surface area contributed by atoms with Gasteiger partial charge < -0.3 is 10.2 Å². The van der Waals surface area contributed by atoms with Gasteiger partial charge in [0.05, 0.1) is 22.5 Å². The normalized spacial score (nSPS) is 18.8. The first-order valence-corrected chi connectivity index (χ1v) is 9.18. The van der Waals surface area contributed by atoms with Crippen molar-refractivity contribution in [3.05, 3.63) is 47.4 Å². The third kappa shape index (κ3) is 3.39. The molecule has 3 heterocycles. The van der Waals surface area contributed by atoms with Crippen LogP contribution in [0.15, 0.2) is 36.7 Å². The molecule has 1 aliphatic rings. The summed E-state index contributed by atoms with van der Waals surface area (Å²) in [5.74, 6) is 1.39. The molecule has 5 nitrogen and oxygen atoms in total. The van der Waals surface area contributed by atoms with Crippen LogP contribution in [0.1, 0.15) is 29.5 Å². The number of rotatable bonds is 4. The van der Waals surface area contributed by atoms with Gasteiger partial charge in [-0.2, -0.15) is 0 Å². The Bertz CT molecular complexity index is 798. The van der Waals surface area contributed by atoms with Crippen LogP contribution in [-0.2, 0) is 6.54 Å². The maximum absolute atomic E-state index is 4.66. The minimum Gasteiger partial charge on any atom is -0.363 e. The van der Waals surface area contributed by atoms with E-state index in [0.29, 0.717) is 12.5 Å². The van der Waals surface area contributed by atoms with Gasteiger partial charge >= 0.3 is 0 Å². The molecule has 0 radical (unpaired) electrons. The molecule has 0 bridgehead atoms. The number of para-hydroxylation sites is 1. The molecule has 0 aliphatic carbocycles. The van der Waals surface area contributed by atoms with E-state index in [0.717, 1.165) is 28.6 Å². The number of likely N-dealkylation sites (N-methyl/N-ethyl adjacent to an activating group) is 1. The first-order valence-electron chi connectivity index (χ1n) is 8.37. The van der Waals surface area contributed by atoms with Gasteiger partial charge in [0, 0.05) is 18.5 Å². The molecule has 1 aromatic carbocycles. The van der Waals surface area contributed by atoms with E-state index >= 15 is 0 Å². The molecular weight excluding hydrogens is 318 g/mol. The van der Waals surface area contributed by atoms with Crippen molar-refractivity contribution in [3.8, 4) is 0 Å². The van der Waals surface area contributed by atoms with Gasteiger partial charge in [0.15, 0.2) is 0 Å². The average Bonchev–Trinajstić information content (AvgIpc) is 3.03. The smallest absolute Gasteiger partial charge is 0.129 e. The lowest BCUT2D eigenvalue weighted by atomic mass is 9.95. The molecule has 1 aliphatic heterocycles. The zero-order valence-electron chi connectivity index (χ0n) is 13.8. The van der Waals surface area contributed by atoms with E-state index in [9.17, 15) is 0 Å². The minimum absolute atomic E-state index is 0.509. The van der Waals surface area contributed by atoms with E-state index in [-0.39, 0.29) is 0 Å². The van der Waals surface area contributed by atoms with Crippen molar-refractivity contribution in [1.29, 1.82) is 0 Å². The molecule has 1 saturated heterocycles. The Balaban J connectivity index is 1.45. The van der Waals surface area contributed by atoms with Gasteiger partial charge in [-0.1, -0.05) is 12.1 Å². The maximum Gasteiger partial charge on any atom is 0.129 e. The van der Waals surface area contributed by atoms with Crippen LogP contribution in [0, 0.1) is 0 Å². The van der Waals surface area contributed by atoms with E-state index < -0.39 is 0 Å². The Hall–Kier alpha value is -2.05. The summed E-state index contributed by atoms with van der Waals surface area (Å²) in [4.78, 5) is 15.9. The molecule has 0 spiro atoms. The summed E-state index contributed by atoms with van der Waals surface area (Å²) in [5, 5.41) is 4.47. The average molecular weight is 339 g/mol. The number of thiazole rings is 1. The Morgan fingerprint density at radius 3 is 3.08 bits per heavy atom. The van der Waals surface area contributed by atoms with E-state index in [1.165, 1.54) is 24.1 Å². The molecule has 24 heavy (non-hydrogen) atoms. The fraction of sp³-hybridized carbons (Fsp3) is 0.389. The van der Waals surface area contributed by atoms with Gasteiger partial charge in [-0.15, -0.1) is 11.3 Å². The highest BCUT2D eigenvalue weighted by atomic mass is 32.1. The molecule has 1 atom stereocenters. The molecule has 1 unspecified atom stereocenters. The summed E-state index contributed by atoms with van der Waals surface area (Å²) in [6.07, 6.45) is 4.11. The Morgan fingerprint density at radius 1 is 1.29 bits per heavy atom. The predicted molar refractivity (Wildman–Crippen MR) is 98.5 cm³/mol. The Labute approximate surface area is 145 Å². The third-order valence-electron chi connectivity index (χ3n) is 4.49. The Morgan fingerprint density at radius 2 is 2.21 bits per heavy atom. The number of likely N-dealkylation sites (tertiary alicyclic amines) is 1. The van der Waals surface area contributed by atoms with Crippen molar-refractivity contribution in [3.63, 3.8) is 0 Å². The highest BCUT2D eigenvalue weighted by molar-refractivity contribution is 7.18. The second kappa shape index (κ2) is 6.83. The van der Waals surface area contributed by atoms with Crippen LogP contribution in [0.3, 0.4) is 0 Å². The molecule has 1 N–H and O–H groups in total. The topological polar surface area (TPSA) is 53.9 Å². The van der Waals surface area contributed by atoms with Crippen molar-refractivity contribution in [2.24, 2.45) is 0 Å². The number of anilines is 1. The van der Waals surface area contributed by atoms with E-state index in [2.05, 4.69) is 56.5 Å². The standard InChI is InChI=1S/C18H21N5S/c1-23-8-4-5-13(11-23)15-9-17(21-12-20-15)19-10-18-22-14-6-2-3-7-16(14)24-18/h2-3,6-7,9,12-13H,4-5,8,10-11H2,1H3,(H,19,20,21). The number of nitrogens with zero attached hydrogens (tertiary/aromatic N) is 4. The van der Waals surface area contributed by atoms with Crippen molar-refractivity contribution >= 4 is 27.4 Å². The van der Waals surface area contributed by atoms with Gasteiger partial charge in [-0.05, 0) is 38.6 Å². The first-order chi connectivity index (χ1) is 11.8. The van der Waals surface area contributed by atoms with Crippen LogP contribution in [0.5, 0.6) is 0 Å². The van der Waals surface area contributed by atoms with Crippen molar-refractivity contribution in [1.82, 2.24) is 19.9 Å². The quantitative estimate of drug-likeness (QED) is 0.788. The lowest BCUT2D eigenvalue weighted by Gasteiger charge is -2.29. The largest absolute Gasteiger partial charge is 0.363 e. The predicted octanol–water partition coefficient (Wildman–Crippen LogP) is 3.51. The summed E-state index contributed by atoms with van der Waals surface area (Å²) in [5.41, 5.74) is 2.20. The second-order valence-corrected chi connectivity index (χ2v) is 7.47. The molecule has 124 valence electrons. The highest BCUT2D eigenvalue weighted by Crippen LogP contribution is 2.26. The van der Waals surface area contributed by atoms with E-state index in [1.807, 2.05) is 6.07 Å². The van der Waals surface area contributed by atoms with Gasteiger partial charge in [-0.25, -0.2) is 15.0 Å². The molecule has 0 saturated carbocycles. The number of benzene rings is 1. The van der Waals surface area contributed by atoms with Gasteiger partial charge in [-0.3, -0.25) is 0 Å². The van der Waals surface area contributed by atoms with E-state index in [4.69, 9.17) is 0 Å². The number of aromatic nitrogens is 3.